The average molecular weight is 899 g/mol. The van der Waals surface area contributed by atoms with Crippen molar-refractivity contribution >= 4 is 47.4 Å². The summed E-state index contributed by atoms with van der Waals surface area (Å²) in [5, 5.41) is 7.18. The maximum Gasteiger partial charge on any atom is 0.325 e. The lowest BCUT2D eigenvalue weighted by atomic mass is 10.0. The van der Waals surface area contributed by atoms with Crippen LogP contribution in [-0.2, 0) is 43.0 Å². The van der Waals surface area contributed by atoms with Gasteiger partial charge in [-0.1, -0.05) is 168 Å². The van der Waals surface area contributed by atoms with Gasteiger partial charge in [0.05, 0.1) is 19.1 Å². The zero-order chi connectivity index (χ0) is 46.1. The van der Waals surface area contributed by atoms with Gasteiger partial charge in [0.15, 0.2) is 0 Å². The first kappa shape index (κ1) is 59.1. The summed E-state index contributed by atoms with van der Waals surface area (Å²) in [4.78, 5) is 74.0. The molecule has 62 heavy (non-hydrogen) atoms. The lowest BCUT2D eigenvalue weighted by Gasteiger charge is -2.19. The highest BCUT2D eigenvalue weighted by atomic mass is 32.2. The molecular formula is C48H90N4O9S. The molecule has 0 aromatic heterocycles. The average Bonchev–Trinajstić information content (AvgIpc) is 3.22. The van der Waals surface area contributed by atoms with Crippen LogP contribution in [0.3, 0.4) is 0 Å². The van der Waals surface area contributed by atoms with Crippen LogP contribution in [0.2, 0.25) is 0 Å². The summed E-state index contributed by atoms with van der Waals surface area (Å²) >= 11 is 1.29. The van der Waals surface area contributed by atoms with E-state index in [9.17, 15) is 28.8 Å². The summed E-state index contributed by atoms with van der Waals surface area (Å²) in [6.45, 7) is 8.43. The van der Waals surface area contributed by atoms with Gasteiger partial charge >= 0.3 is 17.9 Å². The van der Waals surface area contributed by atoms with Crippen LogP contribution in [0.1, 0.15) is 214 Å². The van der Waals surface area contributed by atoms with E-state index in [4.69, 9.17) is 19.9 Å². The molecule has 0 bridgehead atoms. The molecule has 0 aliphatic heterocycles. The molecule has 14 heteroatoms. The molecule has 0 fully saturated rings. The Hall–Kier alpha value is -2.87. The highest BCUT2D eigenvalue weighted by molar-refractivity contribution is 7.99. The lowest BCUT2D eigenvalue weighted by molar-refractivity contribution is -0.157. The van der Waals surface area contributed by atoms with Crippen LogP contribution in [-0.4, -0.2) is 91.1 Å². The van der Waals surface area contributed by atoms with Crippen LogP contribution in [0, 0.1) is 0 Å². The van der Waals surface area contributed by atoms with Gasteiger partial charge in [0, 0.05) is 24.3 Å². The van der Waals surface area contributed by atoms with Crippen LogP contribution >= 0.6 is 11.8 Å². The molecule has 13 nitrogen and oxygen atoms in total. The van der Waals surface area contributed by atoms with E-state index in [2.05, 4.69) is 29.8 Å². The molecule has 0 spiro atoms. The van der Waals surface area contributed by atoms with E-state index in [0.717, 1.165) is 38.5 Å². The first-order valence-electron chi connectivity index (χ1n) is 24.5. The van der Waals surface area contributed by atoms with Crippen LogP contribution < -0.4 is 21.7 Å². The monoisotopic (exact) mass is 899 g/mol. The van der Waals surface area contributed by atoms with Crippen molar-refractivity contribution in [2.75, 3.05) is 37.7 Å². The van der Waals surface area contributed by atoms with Gasteiger partial charge in [-0.2, -0.15) is 11.8 Å². The first-order valence-corrected chi connectivity index (χ1v) is 25.6. The Morgan fingerprint density at radius 1 is 0.500 bits per heavy atom. The second kappa shape index (κ2) is 40.9. The Bertz CT molecular complexity index is 1180. The lowest BCUT2D eigenvalue weighted by Crippen LogP contribution is -2.47. The number of carbonyl (C=O) groups is 6. The summed E-state index contributed by atoms with van der Waals surface area (Å²) in [6, 6.07) is -0.967. The molecule has 0 saturated carbocycles. The number of amides is 3. The smallest absolute Gasteiger partial charge is 0.325 e. The van der Waals surface area contributed by atoms with Gasteiger partial charge in [0.25, 0.3) is 0 Å². The third kappa shape index (κ3) is 41.2. The summed E-state index contributed by atoms with van der Waals surface area (Å²) in [7, 11) is 0. The van der Waals surface area contributed by atoms with Crippen molar-refractivity contribution in [2.24, 2.45) is 5.73 Å². The summed E-state index contributed by atoms with van der Waals surface area (Å²) in [5.41, 5.74) is 5.40. The van der Waals surface area contributed by atoms with Crippen molar-refractivity contribution in [3.8, 4) is 0 Å². The van der Waals surface area contributed by atoms with Gasteiger partial charge in [0.2, 0.25) is 17.7 Å². The molecule has 0 aromatic rings. The number of rotatable bonds is 42. The van der Waals surface area contributed by atoms with Gasteiger partial charge in [-0.3, -0.25) is 28.8 Å². The molecule has 2 atom stereocenters. The van der Waals surface area contributed by atoms with E-state index in [1.54, 1.807) is 20.8 Å². The van der Waals surface area contributed by atoms with Crippen LogP contribution in [0.4, 0.5) is 0 Å². The van der Waals surface area contributed by atoms with Crippen molar-refractivity contribution in [1.82, 2.24) is 16.0 Å². The van der Waals surface area contributed by atoms with Gasteiger partial charge in [-0.25, -0.2) is 0 Å². The fourth-order valence-electron chi connectivity index (χ4n) is 6.75. The molecule has 0 unspecified atom stereocenters. The Labute approximate surface area is 380 Å². The number of unbranched alkanes of at least 4 members (excludes halogenated alkanes) is 24. The highest BCUT2D eigenvalue weighted by Crippen LogP contribution is 2.16. The molecule has 0 rings (SSSR count). The number of hydrogen-bond acceptors (Lipinski definition) is 11. The normalized spacial score (nSPS) is 12.3. The minimum atomic E-state index is -0.967. The second-order valence-electron chi connectivity index (χ2n) is 17.8. The minimum Gasteiger partial charge on any atom is -0.462 e. The first-order chi connectivity index (χ1) is 29.8. The SMILES string of the molecule is CCCCCCCCCCCCCCCC(=O)OC[C@H](CSC[C@H](N)C(=O)NCC(=O)NCC(=O)NCC(=O)OC(C)(C)C)OC(=O)CCCCCCCCCCCCCCC. The largest absolute Gasteiger partial charge is 0.462 e. The van der Waals surface area contributed by atoms with Crippen LogP contribution in [0.15, 0.2) is 0 Å². The molecule has 0 saturated heterocycles. The predicted octanol–water partition coefficient (Wildman–Crippen LogP) is 9.15. The fraction of sp³-hybridized carbons (Fsp3) is 0.875. The quantitative estimate of drug-likeness (QED) is 0.0260. The summed E-state index contributed by atoms with van der Waals surface area (Å²) in [6.07, 6.45) is 31.6. The van der Waals surface area contributed by atoms with Crippen molar-refractivity contribution in [1.29, 1.82) is 0 Å². The van der Waals surface area contributed by atoms with Crippen molar-refractivity contribution in [3.63, 3.8) is 0 Å². The van der Waals surface area contributed by atoms with Gasteiger partial charge < -0.3 is 35.9 Å². The maximum absolute atomic E-state index is 12.8. The van der Waals surface area contributed by atoms with Gasteiger partial charge in [-0.05, 0) is 33.6 Å². The van der Waals surface area contributed by atoms with E-state index in [1.807, 2.05) is 0 Å². The summed E-state index contributed by atoms with van der Waals surface area (Å²) < 4.78 is 16.4. The molecule has 0 aromatic carbocycles. The number of carbonyl (C=O) groups excluding carboxylic acids is 6. The molecule has 3 amide bonds. The van der Waals surface area contributed by atoms with Gasteiger partial charge in [-0.15, -0.1) is 0 Å². The van der Waals surface area contributed by atoms with E-state index >= 15 is 0 Å². The zero-order valence-corrected chi connectivity index (χ0v) is 40.7. The molecular weight excluding hydrogens is 809 g/mol. The topological polar surface area (TPSA) is 192 Å². The third-order valence-electron chi connectivity index (χ3n) is 10.4. The van der Waals surface area contributed by atoms with Crippen molar-refractivity contribution in [3.05, 3.63) is 0 Å². The number of hydrogen-bond donors (Lipinski definition) is 4. The molecule has 0 aliphatic rings. The molecule has 362 valence electrons. The fourth-order valence-corrected chi connectivity index (χ4v) is 7.71. The van der Waals surface area contributed by atoms with E-state index < -0.39 is 48.0 Å². The summed E-state index contributed by atoms with van der Waals surface area (Å²) in [5.74, 6) is -2.58. The number of ether oxygens (including phenoxy) is 3. The predicted molar refractivity (Wildman–Crippen MR) is 252 cm³/mol. The van der Waals surface area contributed by atoms with Crippen molar-refractivity contribution < 1.29 is 43.0 Å². The Kier molecular flexibility index (Phi) is 39.0. The number of esters is 3. The molecule has 5 N–H and O–H groups in total. The molecule has 0 heterocycles. The minimum absolute atomic E-state index is 0.0679. The standard InChI is InChI=1S/C48H90N4O9S/c1-6-8-10-12-14-16-18-20-22-24-26-28-30-32-44(55)59-37-40(60-45(56)33-31-29-27-25-23-21-19-17-15-13-11-9-7-2)38-62-39-41(49)47(58)52-35-43(54)50-34-42(53)51-36-46(57)61-48(3,4)5/h40-41H,6-39,49H2,1-5H3,(H,50,54)(H,51,53)(H,52,58)/t40-,41+/m1/s1. The van der Waals surface area contributed by atoms with Gasteiger partial charge in [0.1, 0.15) is 24.9 Å². The maximum atomic E-state index is 12.8. The molecule has 0 radical (unpaired) electrons. The van der Waals surface area contributed by atoms with Crippen molar-refractivity contribution in [2.45, 2.75) is 232 Å². The molecule has 0 aliphatic carbocycles. The Morgan fingerprint density at radius 3 is 1.32 bits per heavy atom. The Balaban J connectivity index is 4.62. The van der Waals surface area contributed by atoms with E-state index in [1.165, 1.54) is 140 Å². The van der Waals surface area contributed by atoms with E-state index in [0.29, 0.717) is 12.8 Å². The zero-order valence-electron chi connectivity index (χ0n) is 39.9. The van der Waals surface area contributed by atoms with Crippen LogP contribution in [0.5, 0.6) is 0 Å². The highest BCUT2D eigenvalue weighted by Gasteiger charge is 2.21. The number of nitrogens with two attached hydrogens (primary N) is 1. The third-order valence-corrected chi connectivity index (χ3v) is 11.6. The second-order valence-corrected chi connectivity index (χ2v) is 18.9. The number of thioether (sulfide) groups is 1. The number of nitrogens with one attached hydrogen (secondary N) is 3. The Morgan fingerprint density at radius 2 is 0.887 bits per heavy atom. The van der Waals surface area contributed by atoms with E-state index in [-0.39, 0.29) is 43.1 Å². The van der Waals surface area contributed by atoms with Crippen LogP contribution in [0.25, 0.3) is 0 Å².